The minimum atomic E-state index is -4.01. The third-order valence-corrected chi connectivity index (χ3v) is 5.71. The van der Waals surface area contributed by atoms with E-state index < -0.39 is 25.7 Å². The quantitative estimate of drug-likeness (QED) is 0.905. The smallest absolute Gasteiger partial charge is 0.263 e. The molecule has 0 aromatic heterocycles. The van der Waals surface area contributed by atoms with Crippen LogP contribution in [0.1, 0.15) is 0 Å². The second kappa shape index (κ2) is 5.86. The first-order chi connectivity index (χ1) is 10.1. The molecule has 0 fully saturated rings. The fourth-order valence-electron chi connectivity index (χ4n) is 1.67. The first-order valence-corrected chi connectivity index (χ1v) is 9.63. The molecule has 0 aliphatic heterocycles. The van der Waals surface area contributed by atoms with E-state index in [0.29, 0.717) is 0 Å². The van der Waals surface area contributed by atoms with Gasteiger partial charge in [0.15, 0.2) is 9.84 Å². The molecule has 118 valence electrons. The maximum absolute atomic E-state index is 13.0. The van der Waals surface area contributed by atoms with Crippen molar-refractivity contribution >= 4 is 37.1 Å². The van der Waals surface area contributed by atoms with Gasteiger partial charge in [-0.1, -0.05) is 11.6 Å². The van der Waals surface area contributed by atoms with Gasteiger partial charge in [-0.05, 0) is 42.5 Å². The zero-order valence-electron chi connectivity index (χ0n) is 11.2. The molecule has 2 aromatic rings. The van der Waals surface area contributed by atoms with Crippen molar-refractivity contribution in [2.75, 3.05) is 11.0 Å². The molecule has 0 saturated heterocycles. The van der Waals surface area contributed by atoms with Gasteiger partial charge in [-0.2, -0.15) is 0 Å². The highest BCUT2D eigenvalue weighted by molar-refractivity contribution is 7.92. The molecule has 0 atom stereocenters. The van der Waals surface area contributed by atoms with E-state index in [2.05, 4.69) is 4.72 Å². The molecule has 5 nitrogen and oxygen atoms in total. The maximum Gasteiger partial charge on any atom is 0.263 e. The van der Waals surface area contributed by atoms with Crippen LogP contribution in [0.15, 0.2) is 52.3 Å². The summed E-state index contributed by atoms with van der Waals surface area (Å²) >= 11 is 5.73. The van der Waals surface area contributed by atoms with Crippen molar-refractivity contribution < 1.29 is 21.2 Å². The van der Waals surface area contributed by atoms with Crippen LogP contribution in [0.5, 0.6) is 0 Å². The summed E-state index contributed by atoms with van der Waals surface area (Å²) < 4.78 is 62.2. The SMILES string of the molecule is CS(=O)(=O)c1ccc(NS(=O)(=O)c2ccc(F)cc2Cl)cc1. The first kappa shape index (κ1) is 16.7. The van der Waals surface area contributed by atoms with Gasteiger partial charge in [-0.15, -0.1) is 0 Å². The molecule has 0 radical (unpaired) electrons. The lowest BCUT2D eigenvalue weighted by molar-refractivity contribution is 0.599. The fraction of sp³-hybridized carbons (Fsp3) is 0.0769. The van der Waals surface area contributed by atoms with Gasteiger partial charge >= 0.3 is 0 Å². The molecular weight excluding hydrogens is 353 g/mol. The van der Waals surface area contributed by atoms with Crippen LogP contribution in [0.2, 0.25) is 5.02 Å². The molecule has 9 heteroatoms. The Bertz CT molecular complexity index is 910. The molecule has 0 spiro atoms. The van der Waals surface area contributed by atoms with Crippen molar-refractivity contribution in [1.29, 1.82) is 0 Å². The Balaban J connectivity index is 2.33. The molecule has 0 aliphatic rings. The van der Waals surface area contributed by atoms with Crippen LogP contribution < -0.4 is 4.72 Å². The van der Waals surface area contributed by atoms with Gasteiger partial charge < -0.3 is 0 Å². The van der Waals surface area contributed by atoms with Gasteiger partial charge in [0.2, 0.25) is 0 Å². The van der Waals surface area contributed by atoms with Crippen molar-refractivity contribution in [3.05, 3.63) is 53.3 Å². The summed E-state index contributed by atoms with van der Waals surface area (Å²) in [6.45, 7) is 0. The minimum Gasteiger partial charge on any atom is -0.280 e. The van der Waals surface area contributed by atoms with Crippen molar-refractivity contribution in [3.8, 4) is 0 Å². The molecule has 0 saturated carbocycles. The van der Waals surface area contributed by atoms with E-state index in [1.165, 1.54) is 24.3 Å². The van der Waals surface area contributed by atoms with Crippen LogP contribution in [0.4, 0.5) is 10.1 Å². The average molecular weight is 364 g/mol. The summed E-state index contributed by atoms with van der Waals surface area (Å²) in [6, 6.07) is 8.09. The van der Waals surface area contributed by atoms with Crippen LogP contribution in [-0.4, -0.2) is 23.1 Å². The summed E-state index contributed by atoms with van der Waals surface area (Å²) in [5.41, 5.74) is 0.160. The van der Waals surface area contributed by atoms with E-state index in [0.717, 1.165) is 24.5 Å². The Morgan fingerprint density at radius 2 is 1.59 bits per heavy atom. The maximum atomic E-state index is 13.0. The molecule has 1 N–H and O–H groups in total. The lowest BCUT2D eigenvalue weighted by Gasteiger charge is -2.10. The topological polar surface area (TPSA) is 80.3 Å². The van der Waals surface area contributed by atoms with E-state index in [4.69, 9.17) is 11.6 Å². The monoisotopic (exact) mass is 363 g/mol. The Morgan fingerprint density at radius 1 is 1.00 bits per heavy atom. The van der Waals surface area contributed by atoms with E-state index in [-0.39, 0.29) is 20.5 Å². The zero-order chi connectivity index (χ0) is 16.5. The third-order valence-electron chi connectivity index (χ3n) is 2.72. The third kappa shape index (κ3) is 3.76. The molecule has 0 unspecified atom stereocenters. The van der Waals surface area contributed by atoms with Crippen molar-refractivity contribution in [3.63, 3.8) is 0 Å². The molecule has 0 aliphatic carbocycles. The summed E-state index contributed by atoms with van der Waals surface area (Å²) in [5, 5.41) is -0.250. The second-order valence-corrected chi connectivity index (χ2v) is 8.55. The largest absolute Gasteiger partial charge is 0.280 e. The van der Waals surface area contributed by atoms with E-state index >= 15 is 0 Å². The number of hydrogen-bond acceptors (Lipinski definition) is 4. The van der Waals surface area contributed by atoms with Crippen LogP contribution in [0, 0.1) is 5.82 Å². The number of sulfonamides is 1. The second-order valence-electron chi connectivity index (χ2n) is 4.48. The lowest BCUT2D eigenvalue weighted by atomic mass is 10.3. The van der Waals surface area contributed by atoms with Gasteiger partial charge in [0.1, 0.15) is 10.7 Å². The van der Waals surface area contributed by atoms with Crippen LogP contribution >= 0.6 is 11.6 Å². The summed E-state index contributed by atoms with van der Waals surface area (Å²) in [6.07, 6.45) is 1.05. The highest BCUT2D eigenvalue weighted by Gasteiger charge is 2.18. The van der Waals surface area contributed by atoms with Gasteiger partial charge in [-0.25, -0.2) is 21.2 Å². The Kier molecular flexibility index (Phi) is 4.46. The molecule has 2 rings (SSSR count). The number of nitrogens with one attached hydrogen (secondary N) is 1. The number of rotatable bonds is 4. The standard InChI is InChI=1S/C13H11ClFNO4S2/c1-21(17,18)11-5-3-10(4-6-11)16-22(19,20)13-7-2-9(15)8-12(13)14/h2-8,16H,1H3. The molecule has 2 aromatic carbocycles. The van der Waals surface area contributed by atoms with Gasteiger partial charge in [0.25, 0.3) is 10.0 Å². The molecule has 0 bridgehead atoms. The van der Waals surface area contributed by atoms with Gasteiger partial charge in [0.05, 0.1) is 9.92 Å². The lowest BCUT2D eigenvalue weighted by Crippen LogP contribution is -2.13. The first-order valence-electron chi connectivity index (χ1n) is 5.87. The van der Waals surface area contributed by atoms with E-state index in [1.54, 1.807) is 0 Å². The van der Waals surface area contributed by atoms with Crippen LogP contribution in [0.3, 0.4) is 0 Å². The fourth-order valence-corrected chi connectivity index (χ4v) is 3.90. The van der Waals surface area contributed by atoms with E-state index in [9.17, 15) is 21.2 Å². The van der Waals surface area contributed by atoms with Crippen LogP contribution in [0.25, 0.3) is 0 Å². The zero-order valence-corrected chi connectivity index (χ0v) is 13.6. The number of benzene rings is 2. The number of hydrogen-bond donors (Lipinski definition) is 1. The Labute approximate surface area is 132 Å². The number of anilines is 1. The Hall–Kier alpha value is -1.64. The normalized spacial score (nSPS) is 12.1. The summed E-state index contributed by atoms with van der Waals surface area (Å²) in [4.78, 5) is -0.210. The van der Waals surface area contributed by atoms with Crippen molar-refractivity contribution in [2.24, 2.45) is 0 Å². The average Bonchev–Trinajstić information content (AvgIpc) is 2.37. The van der Waals surface area contributed by atoms with Crippen LogP contribution in [-0.2, 0) is 19.9 Å². The summed E-state index contributed by atoms with van der Waals surface area (Å²) in [7, 11) is -7.37. The predicted molar refractivity (Wildman–Crippen MR) is 81.8 cm³/mol. The van der Waals surface area contributed by atoms with Crippen molar-refractivity contribution in [1.82, 2.24) is 0 Å². The predicted octanol–water partition coefficient (Wildman–Crippen LogP) is 2.68. The molecule has 0 amide bonds. The molecular formula is C13H11ClFNO4S2. The Morgan fingerprint density at radius 3 is 2.09 bits per heavy atom. The highest BCUT2D eigenvalue weighted by Crippen LogP contribution is 2.25. The number of halogens is 2. The molecule has 22 heavy (non-hydrogen) atoms. The minimum absolute atomic E-state index is 0.0651. The van der Waals surface area contributed by atoms with Gasteiger partial charge in [0, 0.05) is 11.9 Å². The highest BCUT2D eigenvalue weighted by atomic mass is 35.5. The van der Waals surface area contributed by atoms with Crippen molar-refractivity contribution in [2.45, 2.75) is 9.79 Å². The molecule has 0 heterocycles. The number of sulfone groups is 1. The van der Waals surface area contributed by atoms with Gasteiger partial charge in [-0.3, -0.25) is 4.72 Å². The summed E-state index contributed by atoms with van der Waals surface area (Å²) in [5.74, 6) is -0.651. The van der Waals surface area contributed by atoms with E-state index in [1.807, 2.05) is 0 Å².